The lowest BCUT2D eigenvalue weighted by atomic mass is 9.93. The quantitative estimate of drug-likeness (QED) is 0.445. The van der Waals surface area contributed by atoms with Gasteiger partial charge in [-0.05, 0) is 35.9 Å². The Balaban J connectivity index is 2.26. The normalized spacial score (nSPS) is 12.5. The Morgan fingerprint density at radius 2 is 1.72 bits per heavy atom. The van der Waals surface area contributed by atoms with E-state index in [4.69, 9.17) is 9.84 Å². The van der Waals surface area contributed by atoms with Crippen molar-refractivity contribution in [3.8, 4) is 17.2 Å². The van der Waals surface area contributed by atoms with Crippen LogP contribution in [0.4, 0.5) is 22.0 Å². The van der Waals surface area contributed by atoms with E-state index in [1.54, 1.807) is 0 Å². The largest absolute Gasteiger partial charge is 0.481 e. The molecule has 0 aromatic heterocycles. The molecule has 1 atom stereocenters. The molecule has 0 aliphatic rings. The topological polar surface area (TPSA) is 72.8 Å². The van der Waals surface area contributed by atoms with Crippen molar-refractivity contribution < 1.29 is 46.1 Å². The van der Waals surface area contributed by atoms with Crippen LogP contribution < -0.4 is 9.47 Å². The van der Waals surface area contributed by atoms with Crippen molar-refractivity contribution in [1.29, 1.82) is 0 Å². The third-order valence-electron chi connectivity index (χ3n) is 3.87. The summed E-state index contributed by atoms with van der Waals surface area (Å²) < 4.78 is 72.9. The molecule has 0 saturated heterocycles. The van der Waals surface area contributed by atoms with Gasteiger partial charge in [-0.2, -0.15) is 22.0 Å². The summed E-state index contributed by atoms with van der Waals surface area (Å²) in [5.74, 6) is -2.71. The standard InChI is InChI=1S/C19H15F5O5/c20-18(21)29-16-10-13(19(22,23)24)3-6-15(16)28-14-4-1-11(2-5-14)12(7-8-25)9-17(26)27/h1-6,8,10,12,18H,7,9H2,(H,26,27). The van der Waals surface area contributed by atoms with Crippen molar-refractivity contribution in [2.75, 3.05) is 0 Å². The summed E-state index contributed by atoms with van der Waals surface area (Å²) in [5, 5.41) is 8.91. The second-order valence-corrected chi connectivity index (χ2v) is 5.91. The van der Waals surface area contributed by atoms with Gasteiger partial charge in [-0.3, -0.25) is 4.79 Å². The zero-order valence-electron chi connectivity index (χ0n) is 14.7. The van der Waals surface area contributed by atoms with Crippen LogP contribution in [0.5, 0.6) is 17.2 Å². The minimum atomic E-state index is -4.75. The van der Waals surface area contributed by atoms with Gasteiger partial charge in [0.25, 0.3) is 0 Å². The number of halogens is 5. The second-order valence-electron chi connectivity index (χ2n) is 5.91. The molecule has 0 aliphatic carbocycles. The van der Waals surface area contributed by atoms with Crippen molar-refractivity contribution in [2.24, 2.45) is 0 Å². The lowest BCUT2D eigenvalue weighted by Crippen LogP contribution is -2.08. The number of carbonyl (C=O) groups is 2. The van der Waals surface area contributed by atoms with E-state index in [2.05, 4.69) is 4.74 Å². The zero-order chi connectivity index (χ0) is 21.6. The highest BCUT2D eigenvalue weighted by atomic mass is 19.4. The molecule has 156 valence electrons. The van der Waals surface area contributed by atoms with Gasteiger partial charge in [0.15, 0.2) is 11.5 Å². The molecule has 1 N–H and O–H groups in total. The van der Waals surface area contributed by atoms with E-state index in [0.29, 0.717) is 24.0 Å². The third kappa shape index (κ3) is 6.44. The van der Waals surface area contributed by atoms with Crippen molar-refractivity contribution in [3.63, 3.8) is 0 Å². The molecule has 0 radical (unpaired) electrons. The number of hydrogen-bond acceptors (Lipinski definition) is 4. The molecule has 0 amide bonds. The Bertz CT molecular complexity index is 849. The predicted molar refractivity (Wildman–Crippen MR) is 90.3 cm³/mol. The van der Waals surface area contributed by atoms with Crippen LogP contribution in [0.3, 0.4) is 0 Å². The van der Waals surface area contributed by atoms with Crippen LogP contribution in [-0.2, 0) is 15.8 Å². The number of carboxylic acid groups (broad SMARTS) is 1. The third-order valence-corrected chi connectivity index (χ3v) is 3.87. The average molecular weight is 418 g/mol. The number of aliphatic carboxylic acids is 1. The van der Waals surface area contributed by atoms with Crippen LogP contribution >= 0.6 is 0 Å². The Morgan fingerprint density at radius 1 is 1.07 bits per heavy atom. The van der Waals surface area contributed by atoms with Gasteiger partial charge in [-0.1, -0.05) is 12.1 Å². The Labute approximate surface area is 161 Å². The van der Waals surface area contributed by atoms with Crippen LogP contribution in [-0.4, -0.2) is 24.0 Å². The van der Waals surface area contributed by atoms with Crippen LogP contribution in [0, 0.1) is 0 Å². The summed E-state index contributed by atoms with van der Waals surface area (Å²) >= 11 is 0. The van der Waals surface area contributed by atoms with Crippen LogP contribution in [0.15, 0.2) is 42.5 Å². The van der Waals surface area contributed by atoms with Gasteiger partial charge in [0.05, 0.1) is 12.0 Å². The Hall–Kier alpha value is -3.17. The summed E-state index contributed by atoms with van der Waals surface area (Å²) in [6.45, 7) is -3.36. The van der Waals surface area contributed by atoms with E-state index < -0.39 is 36.0 Å². The molecular formula is C19H15F5O5. The van der Waals surface area contributed by atoms with Crippen LogP contribution in [0.2, 0.25) is 0 Å². The number of carbonyl (C=O) groups excluding carboxylic acids is 1. The SMILES string of the molecule is O=CCC(CC(=O)O)c1ccc(Oc2ccc(C(F)(F)F)cc2OC(F)F)cc1. The van der Waals surface area contributed by atoms with E-state index in [1.165, 1.54) is 24.3 Å². The van der Waals surface area contributed by atoms with Crippen molar-refractivity contribution in [1.82, 2.24) is 0 Å². The fraction of sp³-hybridized carbons (Fsp3) is 0.263. The molecule has 0 aliphatic heterocycles. The number of aldehydes is 1. The molecule has 29 heavy (non-hydrogen) atoms. The molecular weight excluding hydrogens is 403 g/mol. The molecule has 0 spiro atoms. The molecule has 0 saturated carbocycles. The smallest absolute Gasteiger partial charge is 0.416 e. The molecule has 5 nitrogen and oxygen atoms in total. The van der Waals surface area contributed by atoms with Gasteiger partial charge in [0.1, 0.15) is 12.0 Å². The molecule has 0 bridgehead atoms. The second kappa shape index (κ2) is 9.35. The Kier molecular flexibility index (Phi) is 7.13. The first-order valence-electron chi connectivity index (χ1n) is 8.19. The minimum absolute atomic E-state index is 0.0161. The molecule has 0 heterocycles. The number of alkyl halides is 5. The molecule has 10 heteroatoms. The predicted octanol–water partition coefficient (Wildman–Crippen LogP) is 5.25. The molecule has 2 aromatic rings. The lowest BCUT2D eigenvalue weighted by molar-refractivity contribution is -0.138. The summed E-state index contributed by atoms with van der Waals surface area (Å²) in [7, 11) is 0. The van der Waals surface area contributed by atoms with E-state index >= 15 is 0 Å². The summed E-state index contributed by atoms with van der Waals surface area (Å²) in [4.78, 5) is 21.6. The number of carboxylic acids is 1. The summed E-state index contributed by atoms with van der Waals surface area (Å²) in [5.41, 5.74) is -0.649. The minimum Gasteiger partial charge on any atom is -0.481 e. The van der Waals surface area contributed by atoms with Crippen molar-refractivity contribution >= 4 is 12.3 Å². The first-order valence-corrected chi connectivity index (χ1v) is 8.19. The fourth-order valence-electron chi connectivity index (χ4n) is 2.56. The monoisotopic (exact) mass is 418 g/mol. The van der Waals surface area contributed by atoms with Gasteiger partial charge in [0.2, 0.25) is 0 Å². The van der Waals surface area contributed by atoms with Gasteiger partial charge in [-0.25, -0.2) is 0 Å². The van der Waals surface area contributed by atoms with Crippen molar-refractivity contribution in [3.05, 3.63) is 53.6 Å². The van der Waals surface area contributed by atoms with Gasteiger partial charge >= 0.3 is 18.8 Å². The zero-order valence-corrected chi connectivity index (χ0v) is 14.7. The molecule has 2 aromatic carbocycles. The highest BCUT2D eigenvalue weighted by molar-refractivity contribution is 5.69. The highest BCUT2D eigenvalue weighted by Crippen LogP contribution is 2.39. The van der Waals surface area contributed by atoms with Gasteiger partial charge in [0, 0.05) is 12.3 Å². The number of ether oxygens (including phenoxy) is 2. The van der Waals surface area contributed by atoms with Crippen LogP contribution in [0.25, 0.3) is 0 Å². The maximum absolute atomic E-state index is 12.8. The summed E-state index contributed by atoms with van der Waals surface area (Å²) in [6, 6.07) is 7.62. The molecule has 2 rings (SSSR count). The van der Waals surface area contributed by atoms with E-state index in [1.807, 2.05) is 0 Å². The van der Waals surface area contributed by atoms with Crippen LogP contribution in [0.1, 0.15) is 29.9 Å². The number of rotatable bonds is 9. The Morgan fingerprint density at radius 3 is 2.24 bits per heavy atom. The first-order chi connectivity index (χ1) is 13.6. The van der Waals surface area contributed by atoms with E-state index in [-0.39, 0.29) is 24.3 Å². The lowest BCUT2D eigenvalue weighted by Gasteiger charge is -2.16. The first kappa shape index (κ1) is 22.1. The maximum Gasteiger partial charge on any atom is 0.416 e. The summed E-state index contributed by atoms with van der Waals surface area (Å²) in [6.07, 6.45) is -4.45. The van der Waals surface area contributed by atoms with Gasteiger partial charge in [-0.15, -0.1) is 0 Å². The highest BCUT2D eigenvalue weighted by Gasteiger charge is 2.32. The molecule has 0 fully saturated rings. The number of benzene rings is 2. The van der Waals surface area contributed by atoms with Crippen molar-refractivity contribution in [2.45, 2.75) is 31.5 Å². The van der Waals surface area contributed by atoms with E-state index in [9.17, 15) is 31.5 Å². The molecule has 1 unspecified atom stereocenters. The number of hydrogen-bond donors (Lipinski definition) is 1. The van der Waals surface area contributed by atoms with E-state index in [0.717, 1.165) is 6.07 Å². The maximum atomic E-state index is 12.8. The average Bonchev–Trinajstić information content (AvgIpc) is 2.62. The fourth-order valence-corrected chi connectivity index (χ4v) is 2.56. The van der Waals surface area contributed by atoms with Gasteiger partial charge < -0.3 is 19.4 Å².